The van der Waals surface area contributed by atoms with Gasteiger partial charge in [-0.2, -0.15) is 0 Å². The summed E-state index contributed by atoms with van der Waals surface area (Å²) >= 11 is 12.1. The minimum atomic E-state index is -0.792. The monoisotopic (exact) mass is 516 g/mol. The molecule has 35 heavy (non-hydrogen) atoms. The van der Waals surface area contributed by atoms with E-state index in [1.807, 2.05) is 30.3 Å². The molecule has 1 N–H and O–H groups in total. The van der Waals surface area contributed by atoms with Crippen molar-refractivity contribution in [2.45, 2.75) is 38.1 Å². The molecule has 0 radical (unpaired) electrons. The molecule has 2 heterocycles. The summed E-state index contributed by atoms with van der Waals surface area (Å²) in [6.07, 6.45) is 2.84. The minimum absolute atomic E-state index is 0.0273. The molecule has 1 spiro atoms. The second-order valence-electron chi connectivity index (χ2n) is 9.06. The maximum absolute atomic E-state index is 13.7. The first-order valence-electron chi connectivity index (χ1n) is 12.0. The standard InChI is InChI=1S/C26H30Cl2N4O3/c1-2-3-13-29-23(33)17-31-18-32(20-7-5-4-6-8-20)26(25(31)35)11-14-30(15-12-26)24(34)19-9-10-21(27)22(28)16-19/h4-10,16H,2-3,11-15,17-18H2,1H3,(H,29,33). The van der Waals surface area contributed by atoms with Crippen LogP contribution >= 0.6 is 23.2 Å². The van der Waals surface area contributed by atoms with E-state index in [0.717, 1.165) is 18.5 Å². The van der Waals surface area contributed by atoms with E-state index in [-0.39, 0.29) is 24.3 Å². The van der Waals surface area contributed by atoms with E-state index in [0.29, 0.717) is 54.8 Å². The van der Waals surface area contributed by atoms with Gasteiger partial charge in [0.1, 0.15) is 12.1 Å². The highest BCUT2D eigenvalue weighted by Crippen LogP contribution is 2.39. The summed E-state index contributed by atoms with van der Waals surface area (Å²) in [4.78, 5) is 44.8. The molecule has 4 rings (SSSR count). The van der Waals surface area contributed by atoms with Gasteiger partial charge in [-0.3, -0.25) is 14.4 Å². The van der Waals surface area contributed by atoms with E-state index in [1.54, 1.807) is 28.0 Å². The lowest BCUT2D eigenvalue weighted by Gasteiger charge is -2.43. The smallest absolute Gasteiger partial charge is 0.253 e. The summed E-state index contributed by atoms with van der Waals surface area (Å²) in [6.45, 7) is 3.88. The Morgan fingerprint density at radius 2 is 1.74 bits per heavy atom. The van der Waals surface area contributed by atoms with Crippen molar-refractivity contribution in [2.24, 2.45) is 0 Å². The normalized spacial score (nSPS) is 17.2. The number of rotatable bonds is 7. The van der Waals surface area contributed by atoms with Crippen LogP contribution in [0, 0.1) is 0 Å². The fourth-order valence-electron chi connectivity index (χ4n) is 4.85. The number of hydrogen-bond donors (Lipinski definition) is 1. The molecule has 2 fully saturated rings. The number of anilines is 1. The lowest BCUT2D eigenvalue weighted by atomic mass is 9.85. The van der Waals surface area contributed by atoms with E-state index < -0.39 is 5.54 Å². The first kappa shape index (κ1) is 25.3. The summed E-state index contributed by atoms with van der Waals surface area (Å²) in [7, 11) is 0. The van der Waals surface area contributed by atoms with E-state index in [2.05, 4.69) is 17.1 Å². The van der Waals surface area contributed by atoms with E-state index in [4.69, 9.17) is 23.2 Å². The van der Waals surface area contributed by atoms with Crippen LogP contribution in [-0.4, -0.2) is 65.9 Å². The number of benzene rings is 2. The van der Waals surface area contributed by atoms with Crippen LogP contribution in [0.2, 0.25) is 10.0 Å². The van der Waals surface area contributed by atoms with Crippen LogP contribution in [0.25, 0.3) is 0 Å². The molecule has 0 bridgehead atoms. The molecule has 2 aromatic carbocycles. The molecule has 2 aliphatic rings. The Hall–Kier alpha value is -2.77. The summed E-state index contributed by atoms with van der Waals surface area (Å²) in [6, 6.07) is 14.6. The predicted molar refractivity (Wildman–Crippen MR) is 138 cm³/mol. The molecule has 2 saturated heterocycles. The van der Waals surface area contributed by atoms with E-state index in [1.165, 1.54) is 0 Å². The highest BCUT2D eigenvalue weighted by Gasteiger charge is 2.54. The van der Waals surface area contributed by atoms with Gasteiger partial charge in [-0.1, -0.05) is 54.7 Å². The lowest BCUT2D eigenvalue weighted by molar-refractivity contribution is -0.137. The molecule has 7 nitrogen and oxygen atoms in total. The van der Waals surface area contributed by atoms with E-state index >= 15 is 0 Å². The van der Waals surface area contributed by atoms with Gasteiger partial charge in [-0.05, 0) is 49.6 Å². The van der Waals surface area contributed by atoms with Crippen LogP contribution in [0.1, 0.15) is 43.0 Å². The number of carbonyl (C=O) groups is 3. The minimum Gasteiger partial charge on any atom is -0.355 e. The Morgan fingerprint density at radius 1 is 1.03 bits per heavy atom. The summed E-state index contributed by atoms with van der Waals surface area (Å²) in [5, 5.41) is 3.63. The zero-order valence-corrected chi connectivity index (χ0v) is 21.3. The molecule has 0 aromatic heterocycles. The number of hydrogen-bond acceptors (Lipinski definition) is 4. The number of amides is 3. The van der Waals surface area contributed by atoms with Crippen LogP contribution in [0.5, 0.6) is 0 Å². The van der Waals surface area contributed by atoms with Crippen molar-refractivity contribution in [2.75, 3.05) is 37.7 Å². The van der Waals surface area contributed by atoms with Gasteiger partial charge in [-0.25, -0.2) is 0 Å². The van der Waals surface area contributed by atoms with Crippen molar-refractivity contribution < 1.29 is 14.4 Å². The topological polar surface area (TPSA) is 73.0 Å². The Balaban J connectivity index is 1.51. The third kappa shape index (κ3) is 5.26. The first-order chi connectivity index (χ1) is 16.9. The highest BCUT2D eigenvalue weighted by molar-refractivity contribution is 6.42. The summed E-state index contributed by atoms with van der Waals surface area (Å²) < 4.78 is 0. The van der Waals surface area contributed by atoms with Crippen LogP contribution in [0.4, 0.5) is 5.69 Å². The van der Waals surface area contributed by atoms with Crippen LogP contribution in [0.3, 0.4) is 0 Å². The molecular weight excluding hydrogens is 487 g/mol. The van der Waals surface area contributed by atoms with Gasteiger partial charge in [0.25, 0.3) is 11.8 Å². The fraction of sp³-hybridized carbons (Fsp3) is 0.423. The number of halogens is 2. The van der Waals surface area contributed by atoms with Gasteiger partial charge in [0.2, 0.25) is 5.91 Å². The Labute approximate surface area is 216 Å². The molecule has 0 unspecified atom stereocenters. The van der Waals surface area contributed by atoms with Crippen LogP contribution in [-0.2, 0) is 9.59 Å². The van der Waals surface area contributed by atoms with Gasteiger partial charge in [-0.15, -0.1) is 0 Å². The average Bonchev–Trinajstić information content (AvgIpc) is 3.12. The van der Waals surface area contributed by atoms with Crippen molar-refractivity contribution in [1.82, 2.24) is 15.1 Å². The van der Waals surface area contributed by atoms with Gasteiger partial charge in [0.15, 0.2) is 0 Å². The van der Waals surface area contributed by atoms with Crippen molar-refractivity contribution in [3.8, 4) is 0 Å². The second-order valence-corrected chi connectivity index (χ2v) is 9.88. The fourth-order valence-corrected chi connectivity index (χ4v) is 5.15. The number of carbonyl (C=O) groups excluding carboxylic acids is 3. The van der Waals surface area contributed by atoms with Crippen molar-refractivity contribution in [3.05, 3.63) is 64.1 Å². The van der Waals surface area contributed by atoms with Crippen LogP contribution < -0.4 is 10.2 Å². The second kappa shape index (κ2) is 10.9. The summed E-state index contributed by atoms with van der Waals surface area (Å²) in [5.74, 6) is -0.347. The maximum Gasteiger partial charge on any atom is 0.253 e. The molecule has 3 amide bonds. The maximum atomic E-state index is 13.7. The highest BCUT2D eigenvalue weighted by atomic mass is 35.5. The molecular formula is C26H30Cl2N4O3. The molecule has 2 aliphatic heterocycles. The van der Waals surface area contributed by atoms with Gasteiger partial charge < -0.3 is 20.0 Å². The van der Waals surface area contributed by atoms with Crippen molar-refractivity contribution >= 4 is 46.6 Å². The molecule has 186 valence electrons. The Morgan fingerprint density at radius 3 is 2.40 bits per heavy atom. The average molecular weight is 517 g/mol. The van der Waals surface area contributed by atoms with Gasteiger partial charge in [0, 0.05) is 30.9 Å². The van der Waals surface area contributed by atoms with Crippen molar-refractivity contribution in [1.29, 1.82) is 0 Å². The quantitative estimate of drug-likeness (QED) is 0.560. The molecule has 2 aromatic rings. The lowest BCUT2D eigenvalue weighted by Crippen LogP contribution is -2.57. The third-order valence-corrected chi connectivity index (χ3v) is 7.55. The zero-order chi connectivity index (χ0) is 25.0. The van der Waals surface area contributed by atoms with Gasteiger partial charge in [0.05, 0.1) is 16.7 Å². The first-order valence-corrected chi connectivity index (χ1v) is 12.7. The Kier molecular flexibility index (Phi) is 7.87. The zero-order valence-electron chi connectivity index (χ0n) is 19.8. The number of piperidine rings is 1. The van der Waals surface area contributed by atoms with E-state index in [9.17, 15) is 14.4 Å². The molecule has 0 saturated carbocycles. The molecule has 9 heteroatoms. The largest absolute Gasteiger partial charge is 0.355 e. The van der Waals surface area contributed by atoms with Crippen molar-refractivity contribution in [3.63, 3.8) is 0 Å². The third-order valence-electron chi connectivity index (χ3n) is 6.81. The van der Waals surface area contributed by atoms with Crippen LogP contribution in [0.15, 0.2) is 48.5 Å². The number of nitrogens with one attached hydrogen (secondary N) is 1. The van der Waals surface area contributed by atoms with Gasteiger partial charge >= 0.3 is 0 Å². The molecule has 0 aliphatic carbocycles. The number of unbranched alkanes of at least 4 members (excludes halogenated alkanes) is 1. The number of nitrogens with zero attached hydrogens (tertiary/aromatic N) is 3. The molecule has 0 atom stereocenters. The summed E-state index contributed by atoms with van der Waals surface area (Å²) in [5.41, 5.74) is 0.608. The SMILES string of the molecule is CCCCNC(=O)CN1CN(c2ccccc2)C2(CCN(C(=O)c3ccc(Cl)c(Cl)c3)CC2)C1=O. The predicted octanol–water partition coefficient (Wildman–Crippen LogP) is 4.19. The number of para-hydroxylation sites is 1. The Bertz CT molecular complexity index is 1090. The number of likely N-dealkylation sites (tertiary alicyclic amines) is 1.